The topological polar surface area (TPSA) is 61.9 Å². The number of aryl methyl sites for hydroxylation is 1. The molecule has 31 heavy (non-hydrogen) atoms. The maximum atomic E-state index is 13.0. The van der Waals surface area contributed by atoms with Crippen LogP contribution in [0.5, 0.6) is 5.75 Å². The summed E-state index contributed by atoms with van der Waals surface area (Å²) in [6, 6.07) is 12.1. The second-order valence-electron chi connectivity index (χ2n) is 7.37. The van der Waals surface area contributed by atoms with E-state index in [0.29, 0.717) is 29.5 Å². The first-order valence-electron chi connectivity index (χ1n) is 10.2. The summed E-state index contributed by atoms with van der Waals surface area (Å²) < 4.78 is 35.8. The Kier molecular flexibility index (Phi) is 8.01. The van der Waals surface area contributed by atoms with Crippen LogP contribution in [0.25, 0.3) is 0 Å². The molecule has 0 radical (unpaired) electrons. The summed E-state index contributed by atoms with van der Waals surface area (Å²) in [6.45, 7) is 6.27. The van der Waals surface area contributed by atoms with Crippen LogP contribution in [-0.2, 0) is 16.6 Å². The third kappa shape index (κ3) is 6.50. The number of nitrogens with zero attached hydrogens (tertiary/aromatic N) is 2. The molecular formula is C23H28ClN3O3S. The van der Waals surface area contributed by atoms with Gasteiger partial charge in [-0.15, -0.1) is 6.58 Å². The second-order valence-corrected chi connectivity index (χ2v) is 9.40. The average molecular weight is 462 g/mol. The molecule has 1 aliphatic heterocycles. The molecule has 6 nitrogen and oxygen atoms in total. The van der Waals surface area contributed by atoms with Gasteiger partial charge in [-0.3, -0.25) is 13.9 Å². The van der Waals surface area contributed by atoms with Gasteiger partial charge in [-0.25, -0.2) is 0 Å². The zero-order valence-electron chi connectivity index (χ0n) is 17.6. The molecule has 0 amide bonds. The minimum absolute atomic E-state index is 0.428. The standard InChI is InChI=1S/C23H28ClN3O3S/c1-3-14-26(2)15-4-5-17-30-22-12-13-23-19(18-22)7-6-16-27(23)31(28,29)25-21-10-8-20(24)9-11-21/h3-5,8-13,18,25H,1,6-7,14-17H2,2H3/b5-4+. The van der Waals surface area contributed by atoms with Gasteiger partial charge in [0.25, 0.3) is 0 Å². The van der Waals surface area contributed by atoms with Crippen molar-refractivity contribution < 1.29 is 13.2 Å². The van der Waals surface area contributed by atoms with Crippen LogP contribution in [0.1, 0.15) is 12.0 Å². The van der Waals surface area contributed by atoms with Crippen LogP contribution in [-0.4, -0.2) is 46.6 Å². The Hall–Kier alpha value is -2.48. The Morgan fingerprint density at radius 3 is 2.71 bits per heavy atom. The van der Waals surface area contributed by atoms with Crippen LogP contribution < -0.4 is 13.8 Å². The minimum Gasteiger partial charge on any atom is -0.490 e. The average Bonchev–Trinajstić information content (AvgIpc) is 2.74. The smallest absolute Gasteiger partial charge is 0.323 e. The number of hydrogen-bond acceptors (Lipinski definition) is 4. The fourth-order valence-electron chi connectivity index (χ4n) is 3.36. The zero-order valence-corrected chi connectivity index (χ0v) is 19.2. The lowest BCUT2D eigenvalue weighted by Gasteiger charge is -2.30. The normalized spacial score (nSPS) is 14.0. The van der Waals surface area contributed by atoms with Crippen molar-refractivity contribution in [2.45, 2.75) is 12.8 Å². The van der Waals surface area contributed by atoms with E-state index in [1.54, 1.807) is 24.3 Å². The number of rotatable bonds is 10. The van der Waals surface area contributed by atoms with Crippen molar-refractivity contribution in [1.29, 1.82) is 0 Å². The number of nitrogens with one attached hydrogen (secondary N) is 1. The number of anilines is 2. The molecule has 0 spiro atoms. The first kappa shape index (κ1) is 23.2. The van der Waals surface area contributed by atoms with E-state index in [9.17, 15) is 8.42 Å². The number of hydrogen-bond donors (Lipinski definition) is 1. The van der Waals surface area contributed by atoms with Gasteiger partial charge in [0.15, 0.2) is 0 Å². The van der Waals surface area contributed by atoms with Gasteiger partial charge in [0.2, 0.25) is 0 Å². The highest BCUT2D eigenvalue weighted by atomic mass is 35.5. The quantitative estimate of drug-likeness (QED) is 0.529. The summed E-state index contributed by atoms with van der Waals surface area (Å²) in [5.41, 5.74) is 2.11. The molecule has 1 heterocycles. The van der Waals surface area contributed by atoms with E-state index in [1.807, 2.05) is 37.4 Å². The van der Waals surface area contributed by atoms with E-state index in [4.69, 9.17) is 16.3 Å². The predicted molar refractivity (Wildman–Crippen MR) is 128 cm³/mol. The monoisotopic (exact) mass is 461 g/mol. The van der Waals surface area contributed by atoms with E-state index in [0.717, 1.165) is 37.2 Å². The molecule has 0 atom stereocenters. The molecule has 1 aliphatic rings. The zero-order chi connectivity index (χ0) is 22.3. The van der Waals surface area contributed by atoms with Crippen molar-refractivity contribution in [3.8, 4) is 5.75 Å². The van der Waals surface area contributed by atoms with Crippen LogP contribution in [0.2, 0.25) is 5.02 Å². The molecule has 0 bridgehead atoms. The lowest BCUT2D eigenvalue weighted by atomic mass is 10.0. The maximum Gasteiger partial charge on any atom is 0.323 e. The van der Waals surface area contributed by atoms with Gasteiger partial charge in [0.05, 0.1) is 11.4 Å². The molecule has 0 aliphatic carbocycles. The van der Waals surface area contributed by atoms with Crippen molar-refractivity contribution in [1.82, 2.24) is 4.90 Å². The number of likely N-dealkylation sites (N-methyl/N-ethyl adjacent to an activating group) is 1. The molecule has 166 valence electrons. The van der Waals surface area contributed by atoms with Crippen LogP contribution in [0.15, 0.2) is 67.3 Å². The predicted octanol–water partition coefficient (Wildman–Crippen LogP) is 4.50. The summed E-state index contributed by atoms with van der Waals surface area (Å²) in [7, 11) is -1.71. The molecule has 1 N–H and O–H groups in total. The molecule has 0 unspecified atom stereocenters. The van der Waals surface area contributed by atoms with Crippen molar-refractivity contribution in [2.24, 2.45) is 0 Å². The van der Waals surface area contributed by atoms with Gasteiger partial charge in [0.1, 0.15) is 12.4 Å². The Morgan fingerprint density at radius 2 is 1.97 bits per heavy atom. The highest BCUT2D eigenvalue weighted by Gasteiger charge is 2.27. The van der Waals surface area contributed by atoms with Crippen molar-refractivity contribution in [3.63, 3.8) is 0 Å². The molecule has 0 fully saturated rings. The molecular weight excluding hydrogens is 434 g/mol. The fourth-order valence-corrected chi connectivity index (χ4v) is 4.84. The summed E-state index contributed by atoms with van der Waals surface area (Å²) >= 11 is 5.88. The Morgan fingerprint density at radius 1 is 1.19 bits per heavy atom. The number of halogens is 1. The third-order valence-corrected chi connectivity index (χ3v) is 6.58. The molecule has 3 rings (SSSR count). The molecule has 0 saturated carbocycles. The van der Waals surface area contributed by atoms with E-state index in [2.05, 4.69) is 22.3 Å². The van der Waals surface area contributed by atoms with Crippen LogP contribution in [0, 0.1) is 0 Å². The van der Waals surface area contributed by atoms with Gasteiger partial charge in [-0.2, -0.15) is 8.42 Å². The number of ether oxygens (including phenoxy) is 1. The van der Waals surface area contributed by atoms with Gasteiger partial charge < -0.3 is 4.74 Å². The van der Waals surface area contributed by atoms with Crippen molar-refractivity contribution >= 4 is 33.2 Å². The summed E-state index contributed by atoms with van der Waals surface area (Å²) in [5.74, 6) is 0.729. The summed E-state index contributed by atoms with van der Waals surface area (Å²) in [4.78, 5) is 2.13. The lowest BCUT2D eigenvalue weighted by molar-refractivity contribution is 0.360. The number of fused-ring (bicyclic) bond motifs is 1. The largest absolute Gasteiger partial charge is 0.490 e. The van der Waals surface area contributed by atoms with Gasteiger partial charge in [0, 0.05) is 24.7 Å². The Labute approximate surface area is 190 Å². The second kappa shape index (κ2) is 10.7. The molecule has 2 aromatic rings. The van der Waals surface area contributed by atoms with Crippen LogP contribution in [0.3, 0.4) is 0 Å². The van der Waals surface area contributed by atoms with E-state index < -0.39 is 10.2 Å². The summed E-state index contributed by atoms with van der Waals surface area (Å²) in [5, 5.41) is 0.553. The minimum atomic E-state index is -3.74. The van der Waals surface area contributed by atoms with E-state index >= 15 is 0 Å². The van der Waals surface area contributed by atoms with Gasteiger partial charge in [-0.1, -0.05) is 29.8 Å². The van der Waals surface area contributed by atoms with Crippen molar-refractivity contribution in [3.05, 3.63) is 77.9 Å². The number of benzene rings is 2. The SMILES string of the molecule is C=CCN(C)C/C=C/COc1ccc2c(c1)CCCN2S(=O)(=O)Nc1ccc(Cl)cc1. The summed E-state index contributed by atoms with van der Waals surface area (Å²) in [6.07, 6.45) is 7.45. The first-order chi connectivity index (χ1) is 14.9. The molecule has 0 aromatic heterocycles. The van der Waals surface area contributed by atoms with Crippen LogP contribution >= 0.6 is 11.6 Å². The lowest BCUT2D eigenvalue weighted by Crippen LogP contribution is -2.39. The molecule has 8 heteroatoms. The highest BCUT2D eigenvalue weighted by Crippen LogP contribution is 2.33. The van der Waals surface area contributed by atoms with E-state index in [1.165, 1.54) is 4.31 Å². The first-order valence-corrected chi connectivity index (χ1v) is 12.0. The third-order valence-electron chi connectivity index (χ3n) is 4.88. The molecule has 2 aromatic carbocycles. The molecule has 0 saturated heterocycles. The van der Waals surface area contributed by atoms with Crippen molar-refractivity contribution in [2.75, 3.05) is 42.3 Å². The van der Waals surface area contributed by atoms with Crippen LogP contribution in [0.4, 0.5) is 11.4 Å². The van der Waals surface area contributed by atoms with E-state index in [-0.39, 0.29) is 0 Å². The van der Waals surface area contributed by atoms with Gasteiger partial charge >= 0.3 is 10.2 Å². The Balaban J connectivity index is 1.65. The van der Waals surface area contributed by atoms with Gasteiger partial charge in [-0.05, 0) is 67.9 Å². The Bertz CT molecular complexity index is 1020. The highest BCUT2D eigenvalue weighted by molar-refractivity contribution is 7.94. The maximum absolute atomic E-state index is 13.0. The fraction of sp³-hybridized carbons (Fsp3) is 0.304.